The highest BCUT2D eigenvalue weighted by Gasteiger charge is 2.37. The van der Waals surface area contributed by atoms with Gasteiger partial charge >= 0.3 is 0 Å². The van der Waals surface area contributed by atoms with E-state index in [4.69, 9.17) is 0 Å². The molecule has 1 aliphatic rings. The molecule has 1 saturated heterocycles. The summed E-state index contributed by atoms with van der Waals surface area (Å²) in [6.07, 6.45) is 0.849. The lowest BCUT2D eigenvalue weighted by atomic mass is 9.91. The molecule has 1 aliphatic heterocycles. The van der Waals surface area contributed by atoms with Crippen molar-refractivity contribution in [1.29, 1.82) is 0 Å². The highest BCUT2D eigenvalue weighted by Crippen LogP contribution is 2.29. The fourth-order valence-corrected chi connectivity index (χ4v) is 3.85. The van der Waals surface area contributed by atoms with E-state index >= 15 is 0 Å². The highest BCUT2D eigenvalue weighted by molar-refractivity contribution is 5.32. The lowest BCUT2D eigenvalue weighted by Crippen LogP contribution is -2.43. The predicted octanol–water partition coefficient (Wildman–Crippen LogP) is 2.82. The molecule has 2 aromatic carbocycles. The van der Waals surface area contributed by atoms with E-state index in [0.717, 1.165) is 32.6 Å². The lowest BCUT2D eigenvalue weighted by molar-refractivity contribution is 0.0245. The largest absolute Gasteiger partial charge is 0.387 e. The van der Waals surface area contributed by atoms with Gasteiger partial charge in [0.2, 0.25) is 0 Å². The summed E-state index contributed by atoms with van der Waals surface area (Å²) in [7, 11) is 4.05. The van der Waals surface area contributed by atoms with Gasteiger partial charge in [0.05, 0.1) is 5.60 Å². The van der Waals surface area contributed by atoms with Crippen LogP contribution in [0.5, 0.6) is 0 Å². The van der Waals surface area contributed by atoms with Crippen LogP contribution in [0.1, 0.15) is 23.5 Å². The Morgan fingerprint density at radius 3 is 2.04 bits per heavy atom. The summed E-state index contributed by atoms with van der Waals surface area (Å²) in [5.74, 6) is 0.342. The SMILES string of the molecule is CN(C)CC1(O)CCN(CC(c2ccccc2)c2ccccc2)C1. The minimum atomic E-state index is -0.582. The molecule has 0 aliphatic carbocycles. The molecular weight excluding hydrogens is 296 g/mol. The average molecular weight is 324 g/mol. The van der Waals surface area contributed by atoms with Crippen molar-refractivity contribution in [2.75, 3.05) is 40.3 Å². The van der Waals surface area contributed by atoms with Crippen LogP contribution in [0.4, 0.5) is 0 Å². The lowest BCUT2D eigenvalue weighted by Gasteiger charge is -2.28. The molecule has 0 saturated carbocycles. The van der Waals surface area contributed by atoms with Gasteiger partial charge in [-0.15, -0.1) is 0 Å². The number of hydrogen-bond donors (Lipinski definition) is 1. The van der Waals surface area contributed by atoms with Gasteiger partial charge in [-0.2, -0.15) is 0 Å². The van der Waals surface area contributed by atoms with Crippen molar-refractivity contribution >= 4 is 0 Å². The second-order valence-electron chi connectivity index (χ2n) is 7.32. The summed E-state index contributed by atoms with van der Waals surface area (Å²) in [5.41, 5.74) is 2.10. The van der Waals surface area contributed by atoms with Gasteiger partial charge in [-0.25, -0.2) is 0 Å². The molecule has 128 valence electrons. The molecular formula is C21H28N2O. The molecule has 2 aromatic rings. The van der Waals surface area contributed by atoms with Crippen LogP contribution in [0.25, 0.3) is 0 Å². The Morgan fingerprint density at radius 2 is 1.54 bits per heavy atom. The van der Waals surface area contributed by atoms with Gasteiger partial charge in [-0.05, 0) is 31.6 Å². The molecule has 0 spiro atoms. The second kappa shape index (κ2) is 7.47. The number of aliphatic hydroxyl groups is 1. The molecule has 0 radical (unpaired) electrons. The maximum atomic E-state index is 10.8. The molecule has 0 amide bonds. The van der Waals surface area contributed by atoms with Crippen molar-refractivity contribution in [3.63, 3.8) is 0 Å². The van der Waals surface area contributed by atoms with Crippen LogP contribution in [0.3, 0.4) is 0 Å². The number of rotatable bonds is 6. The summed E-state index contributed by atoms with van der Waals surface area (Å²) in [4.78, 5) is 4.49. The normalized spacial score (nSPS) is 21.7. The van der Waals surface area contributed by atoms with Crippen molar-refractivity contribution in [3.05, 3.63) is 71.8 Å². The fourth-order valence-electron chi connectivity index (χ4n) is 3.85. The van der Waals surface area contributed by atoms with E-state index in [1.807, 2.05) is 14.1 Å². The fraction of sp³-hybridized carbons (Fsp3) is 0.429. The number of likely N-dealkylation sites (N-methyl/N-ethyl adjacent to an activating group) is 1. The molecule has 24 heavy (non-hydrogen) atoms. The number of β-amino-alcohol motifs (C(OH)–C–C–N with tert-alkyl or cyclic N) is 1. The van der Waals surface area contributed by atoms with Gasteiger partial charge in [-0.1, -0.05) is 60.7 Å². The van der Waals surface area contributed by atoms with Crippen LogP contribution in [-0.4, -0.2) is 60.8 Å². The summed E-state index contributed by atoms with van der Waals surface area (Å²) in [6, 6.07) is 21.4. The minimum Gasteiger partial charge on any atom is -0.387 e. The van der Waals surface area contributed by atoms with E-state index in [1.54, 1.807) is 0 Å². The van der Waals surface area contributed by atoms with Crippen molar-refractivity contribution in [3.8, 4) is 0 Å². The van der Waals surface area contributed by atoms with Crippen LogP contribution in [0, 0.1) is 0 Å². The number of benzene rings is 2. The van der Waals surface area contributed by atoms with E-state index in [2.05, 4.69) is 70.5 Å². The molecule has 1 unspecified atom stereocenters. The van der Waals surface area contributed by atoms with E-state index in [-0.39, 0.29) is 0 Å². The number of likely N-dealkylation sites (tertiary alicyclic amines) is 1. The first-order valence-electron chi connectivity index (χ1n) is 8.75. The minimum absolute atomic E-state index is 0.342. The van der Waals surface area contributed by atoms with E-state index < -0.39 is 5.60 Å². The smallest absolute Gasteiger partial charge is 0.0912 e. The maximum Gasteiger partial charge on any atom is 0.0912 e. The molecule has 1 N–H and O–H groups in total. The Kier molecular flexibility index (Phi) is 5.34. The topological polar surface area (TPSA) is 26.7 Å². The Balaban J connectivity index is 1.76. The zero-order valence-electron chi connectivity index (χ0n) is 14.7. The van der Waals surface area contributed by atoms with Crippen molar-refractivity contribution in [2.24, 2.45) is 0 Å². The molecule has 1 heterocycles. The zero-order valence-corrected chi connectivity index (χ0v) is 14.7. The zero-order chi connectivity index (χ0) is 17.0. The monoisotopic (exact) mass is 324 g/mol. The number of nitrogens with zero attached hydrogens (tertiary/aromatic N) is 2. The van der Waals surface area contributed by atoms with Gasteiger partial charge < -0.3 is 10.0 Å². The van der Waals surface area contributed by atoms with Crippen LogP contribution in [0.2, 0.25) is 0 Å². The maximum absolute atomic E-state index is 10.8. The average Bonchev–Trinajstić information content (AvgIpc) is 2.94. The van der Waals surface area contributed by atoms with Crippen LogP contribution >= 0.6 is 0 Å². The third kappa shape index (κ3) is 4.23. The quantitative estimate of drug-likeness (QED) is 0.885. The Hall–Kier alpha value is -1.68. The van der Waals surface area contributed by atoms with Crippen LogP contribution in [-0.2, 0) is 0 Å². The summed E-state index contributed by atoms with van der Waals surface area (Å²) < 4.78 is 0. The highest BCUT2D eigenvalue weighted by atomic mass is 16.3. The Bertz CT molecular complexity index is 589. The molecule has 0 bridgehead atoms. The third-order valence-electron chi connectivity index (χ3n) is 4.87. The summed E-state index contributed by atoms with van der Waals surface area (Å²) in [6.45, 7) is 3.39. The predicted molar refractivity (Wildman–Crippen MR) is 99.3 cm³/mol. The molecule has 1 fully saturated rings. The van der Waals surface area contributed by atoms with Crippen LogP contribution < -0.4 is 0 Å². The van der Waals surface area contributed by atoms with Crippen LogP contribution in [0.15, 0.2) is 60.7 Å². The number of hydrogen-bond acceptors (Lipinski definition) is 3. The van der Waals surface area contributed by atoms with Gasteiger partial charge in [0.1, 0.15) is 0 Å². The first kappa shape index (κ1) is 17.2. The molecule has 3 rings (SSSR count). The van der Waals surface area contributed by atoms with E-state index in [1.165, 1.54) is 11.1 Å². The van der Waals surface area contributed by atoms with E-state index in [0.29, 0.717) is 5.92 Å². The van der Waals surface area contributed by atoms with Gasteiger partial charge in [0.15, 0.2) is 0 Å². The van der Waals surface area contributed by atoms with Gasteiger partial charge in [-0.3, -0.25) is 4.90 Å². The third-order valence-corrected chi connectivity index (χ3v) is 4.87. The van der Waals surface area contributed by atoms with Crippen molar-refractivity contribution in [2.45, 2.75) is 17.9 Å². The molecule has 3 nitrogen and oxygen atoms in total. The Morgan fingerprint density at radius 1 is 1.00 bits per heavy atom. The van der Waals surface area contributed by atoms with Gasteiger partial charge in [0, 0.05) is 32.1 Å². The van der Waals surface area contributed by atoms with Crippen molar-refractivity contribution < 1.29 is 5.11 Å². The molecule has 1 atom stereocenters. The van der Waals surface area contributed by atoms with Gasteiger partial charge in [0.25, 0.3) is 0 Å². The Labute approximate surface area is 145 Å². The first-order valence-corrected chi connectivity index (χ1v) is 8.75. The molecule has 3 heteroatoms. The van der Waals surface area contributed by atoms with E-state index in [9.17, 15) is 5.11 Å². The summed E-state index contributed by atoms with van der Waals surface area (Å²) in [5, 5.41) is 10.8. The molecule has 0 aromatic heterocycles. The standard InChI is InChI=1S/C21H28N2O/c1-22(2)16-21(24)13-14-23(17-21)15-20(18-9-5-3-6-10-18)19-11-7-4-8-12-19/h3-12,20,24H,13-17H2,1-2H3. The first-order chi connectivity index (χ1) is 11.6. The second-order valence-corrected chi connectivity index (χ2v) is 7.32. The summed E-state index contributed by atoms with van der Waals surface area (Å²) >= 11 is 0. The van der Waals surface area contributed by atoms with Crippen molar-refractivity contribution in [1.82, 2.24) is 9.80 Å².